The van der Waals surface area contributed by atoms with Gasteiger partial charge in [0.1, 0.15) is 5.75 Å². The number of nitrogens with zero attached hydrogens (tertiary/aromatic N) is 5. The maximum absolute atomic E-state index is 13.9. The van der Waals surface area contributed by atoms with Crippen LogP contribution in [0, 0.1) is 5.92 Å². The van der Waals surface area contributed by atoms with E-state index in [0.29, 0.717) is 38.5 Å². The molecular formula is C27H28F6N6O4. The number of nitrogens with one attached hydrogen (secondary N) is 1. The first kappa shape index (κ1) is 30.4. The van der Waals surface area contributed by atoms with Gasteiger partial charge in [0.15, 0.2) is 11.2 Å². The van der Waals surface area contributed by atoms with E-state index in [1.807, 2.05) is 13.8 Å². The van der Waals surface area contributed by atoms with Gasteiger partial charge in [-0.05, 0) is 30.4 Å². The number of carbonyl (C=O) groups is 1. The van der Waals surface area contributed by atoms with Crippen LogP contribution in [0.5, 0.6) is 5.75 Å². The topological polar surface area (TPSA) is 103 Å². The Morgan fingerprint density at radius 1 is 1.09 bits per heavy atom. The smallest absolute Gasteiger partial charge is 0.419 e. The molecule has 5 rings (SSSR count). The summed E-state index contributed by atoms with van der Waals surface area (Å²) in [4.78, 5) is 45.1. The second-order valence-corrected chi connectivity index (χ2v) is 10.9. The monoisotopic (exact) mass is 614 g/mol. The molecule has 16 heteroatoms. The van der Waals surface area contributed by atoms with Crippen LogP contribution in [0.3, 0.4) is 0 Å². The summed E-state index contributed by atoms with van der Waals surface area (Å²) in [7, 11) is 1.41. The number of hydrogen-bond donors (Lipinski definition) is 1. The van der Waals surface area contributed by atoms with Crippen molar-refractivity contribution in [2.75, 3.05) is 24.5 Å². The number of ether oxygens (including phenoxy) is 1. The summed E-state index contributed by atoms with van der Waals surface area (Å²) < 4.78 is 88.9. The van der Waals surface area contributed by atoms with Crippen molar-refractivity contribution in [1.29, 1.82) is 0 Å². The van der Waals surface area contributed by atoms with Gasteiger partial charge in [-0.15, -0.1) is 0 Å². The molecule has 0 bridgehead atoms. The van der Waals surface area contributed by atoms with Gasteiger partial charge in [0.25, 0.3) is 5.56 Å². The number of carbonyl (C=O) groups excluding carboxylic acids is 1. The Bertz CT molecular complexity index is 1750. The predicted octanol–water partition coefficient (Wildman–Crippen LogP) is 3.55. The molecule has 2 aliphatic heterocycles. The zero-order chi connectivity index (χ0) is 31.4. The number of alkyl halides is 6. The molecule has 0 unspecified atom stereocenters. The zero-order valence-corrected chi connectivity index (χ0v) is 23.4. The molecule has 0 spiro atoms. The molecule has 1 aromatic carbocycles. The van der Waals surface area contributed by atoms with E-state index in [4.69, 9.17) is 0 Å². The van der Waals surface area contributed by atoms with Crippen LogP contribution in [0.1, 0.15) is 37.8 Å². The van der Waals surface area contributed by atoms with Crippen molar-refractivity contribution in [3.63, 3.8) is 0 Å². The lowest BCUT2D eigenvalue weighted by molar-refractivity contribution is -0.190. The van der Waals surface area contributed by atoms with Crippen LogP contribution in [0.4, 0.5) is 32.3 Å². The van der Waals surface area contributed by atoms with Crippen LogP contribution in [0.15, 0.2) is 39.1 Å². The van der Waals surface area contributed by atoms with E-state index in [-0.39, 0.29) is 29.6 Å². The van der Waals surface area contributed by atoms with Crippen LogP contribution in [-0.4, -0.2) is 50.5 Å². The second kappa shape index (κ2) is 10.9. The third-order valence-electron chi connectivity index (χ3n) is 7.54. The molecule has 0 saturated heterocycles. The highest BCUT2D eigenvalue weighted by atomic mass is 19.4. The summed E-state index contributed by atoms with van der Waals surface area (Å²) in [6, 6.07) is 2.55. The lowest BCUT2D eigenvalue weighted by atomic mass is 10.1. The van der Waals surface area contributed by atoms with E-state index in [2.05, 4.69) is 15.0 Å². The Balaban J connectivity index is 1.76. The number of fused-ring (bicyclic) bond motifs is 1. The Hall–Kier alpha value is -4.08. The molecule has 3 aromatic rings. The minimum absolute atomic E-state index is 0.0494. The fraction of sp³-hybridized carbons (Fsp3) is 0.481. The molecule has 2 aromatic heterocycles. The molecule has 0 saturated carbocycles. The first-order valence-electron chi connectivity index (χ1n) is 13.5. The third-order valence-corrected chi connectivity index (χ3v) is 7.54. The lowest BCUT2D eigenvalue weighted by Gasteiger charge is -2.23. The number of aryl methyl sites for hydroxylation is 1. The number of imidazole rings is 1. The quantitative estimate of drug-likeness (QED) is 0.247. The Kier molecular flexibility index (Phi) is 7.69. The first-order valence-corrected chi connectivity index (χ1v) is 13.5. The maximum atomic E-state index is 13.9. The second-order valence-electron chi connectivity index (χ2n) is 10.9. The number of anilines is 1. The van der Waals surface area contributed by atoms with Crippen molar-refractivity contribution in [3.8, 4) is 5.75 Å². The summed E-state index contributed by atoms with van der Waals surface area (Å²) in [6.07, 6.45) is -9.63. The molecule has 0 amide bonds. The zero-order valence-electron chi connectivity index (χ0n) is 23.4. The molecule has 0 radical (unpaired) electrons. The van der Waals surface area contributed by atoms with Gasteiger partial charge in [-0.3, -0.25) is 18.5 Å². The molecule has 0 aliphatic carbocycles. The van der Waals surface area contributed by atoms with Gasteiger partial charge >= 0.3 is 24.0 Å². The number of aromatic nitrogens is 4. The number of halogens is 6. The predicted molar refractivity (Wildman–Crippen MR) is 143 cm³/mol. The van der Waals surface area contributed by atoms with E-state index in [0.717, 1.165) is 32.5 Å². The van der Waals surface area contributed by atoms with Crippen molar-refractivity contribution in [2.45, 2.75) is 52.1 Å². The van der Waals surface area contributed by atoms with Crippen molar-refractivity contribution in [1.82, 2.24) is 24.0 Å². The maximum Gasteiger partial charge on any atom is 0.491 e. The molecule has 1 N–H and O–H groups in total. The van der Waals surface area contributed by atoms with E-state index < -0.39 is 53.0 Å². The Morgan fingerprint density at radius 3 is 2.47 bits per heavy atom. The van der Waals surface area contributed by atoms with Crippen molar-refractivity contribution >= 4 is 23.1 Å². The first-order chi connectivity index (χ1) is 20.1. The van der Waals surface area contributed by atoms with Crippen LogP contribution in [-0.2, 0) is 31.1 Å². The van der Waals surface area contributed by atoms with E-state index in [1.165, 1.54) is 11.6 Å². The van der Waals surface area contributed by atoms with Gasteiger partial charge in [0.05, 0.1) is 12.1 Å². The van der Waals surface area contributed by atoms with Crippen molar-refractivity contribution < 1.29 is 35.9 Å². The van der Waals surface area contributed by atoms with Crippen molar-refractivity contribution in [2.24, 2.45) is 13.0 Å². The molecule has 0 atom stereocenters. The van der Waals surface area contributed by atoms with Crippen molar-refractivity contribution in [3.05, 3.63) is 61.4 Å². The van der Waals surface area contributed by atoms with Gasteiger partial charge in [-0.1, -0.05) is 26.0 Å². The fourth-order valence-corrected chi connectivity index (χ4v) is 5.35. The molecular weight excluding hydrogens is 586 g/mol. The average Bonchev–Trinajstić information content (AvgIpc) is 3.62. The van der Waals surface area contributed by atoms with Crippen LogP contribution in [0.25, 0.3) is 11.2 Å². The van der Waals surface area contributed by atoms with Gasteiger partial charge in [-0.25, -0.2) is 9.59 Å². The molecule has 10 nitrogen and oxygen atoms in total. The lowest BCUT2D eigenvalue weighted by Crippen LogP contribution is -2.40. The summed E-state index contributed by atoms with van der Waals surface area (Å²) in [5, 5.41) is 3.20. The number of hydrogen-bond acceptors (Lipinski definition) is 7. The highest BCUT2D eigenvalue weighted by Crippen LogP contribution is 2.40. The highest BCUT2D eigenvalue weighted by molar-refractivity contribution is 5.79. The van der Waals surface area contributed by atoms with Crippen LogP contribution < -0.4 is 26.2 Å². The SMILES string of the molecule is CC(C)CCn1c(=O)c2c(nc(N3CCC4=C3CNC4)n2Cc2cccc(C(F)(F)F)c2OC(=O)C(F)(F)F)n(C)c1=O. The van der Waals surface area contributed by atoms with Gasteiger partial charge < -0.3 is 15.0 Å². The summed E-state index contributed by atoms with van der Waals surface area (Å²) in [5.74, 6) is -3.92. The number of esters is 1. The molecule has 2 aliphatic rings. The Labute approximate surface area is 240 Å². The normalized spacial score (nSPS) is 15.7. The minimum atomic E-state index is -5.57. The largest absolute Gasteiger partial charge is 0.491 e. The fourth-order valence-electron chi connectivity index (χ4n) is 5.35. The number of benzene rings is 1. The number of rotatable bonds is 7. The highest BCUT2D eigenvalue weighted by Gasteiger charge is 2.44. The molecule has 232 valence electrons. The summed E-state index contributed by atoms with van der Waals surface area (Å²) in [6.45, 7) is 4.72. The van der Waals surface area contributed by atoms with Crippen LogP contribution >= 0.6 is 0 Å². The van der Waals surface area contributed by atoms with E-state index in [1.54, 1.807) is 4.90 Å². The van der Waals surface area contributed by atoms with Gasteiger partial charge in [0, 0.05) is 44.5 Å². The Morgan fingerprint density at radius 2 is 1.81 bits per heavy atom. The average molecular weight is 615 g/mol. The summed E-state index contributed by atoms with van der Waals surface area (Å²) in [5.41, 5.74) is -1.71. The standard InChI is InChI=1S/C27H28F6N6O4/c1-14(2)7-9-38-22(40)19-21(36(3)25(38)42)35-24(37-10-8-15-11-34-12-18(15)37)39(19)13-16-5-4-6-17(26(28,29)30)20(16)43-23(41)27(31,32)33/h4-6,14,34H,7-13H2,1-3H3. The molecule has 43 heavy (non-hydrogen) atoms. The minimum Gasteiger partial charge on any atom is -0.419 e. The van der Waals surface area contributed by atoms with E-state index >= 15 is 0 Å². The number of para-hydroxylation sites is 1. The van der Waals surface area contributed by atoms with Crippen LogP contribution in [0.2, 0.25) is 0 Å². The van der Waals surface area contributed by atoms with Gasteiger partial charge in [0.2, 0.25) is 5.95 Å². The van der Waals surface area contributed by atoms with E-state index in [9.17, 15) is 40.7 Å². The third kappa shape index (κ3) is 5.55. The molecule has 0 fully saturated rings. The van der Waals surface area contributed by atoms with Gasteiger partial charge in [-0.2, -0.15) is 31.3 Å². The molecule has 4 heterocycles. The summed E-state index contributed by atoms with van der Waals surface area (Å²) >= 11 is 0.